The van der Waals surface area contributed by atoms with Gasteiger partial charge in [-0.3, -0.25) is 0 Å². The largest absolute Gasteiger partial charge is 0.376 e. The molecular weight excluding hydrogens is 234 g/mol. The van der Waals surface area contributed by atoms with Crippen LogP contribution < -0.4 is 5.32 Å². The van der Waals surface area contributed by atoms with E-state index in [9.17, 15) is 0 Å². The normalized spacial score (nSPS) is 33.8. The fourth-order valence-electron chi connectivity index (χ4n) is 3.64. The van der Waals surface area contributed by atoms with Gasteiger partial charge in [-0.2, -0.15) is 0 Å². The quantitative estimate of drug-likeness (QED) is 0.756. The molecule has 0 radical (unpaired) electrons. The number of nitrogens with one attached hydrogen (secondary N) is 1. The summed E-state index contributed by atoms with van der Waals surface area (Å²) in [5.74, 6) is 2.85. The summed E-state index contributed by atoms with van der Waals surface area (Å²) in [5, 5.41) is 3.70. The SMILES string of the molecule is CC(C)CNCC1(CCOC(C)(C)C)CC2CC2C1. The predicted octanol–water partition coefficient (Wildman–Crippen LogP) is 3.85. The average molecular weight is 267 g/mol. The molecule has 0 heterocycles. The Labute approximate surface area is 119 Å². The van der Waals surface area contributed by atoms with Crippen molar-refractivity contribution in [3.8, 4) is 0 Å². The van der Waals surface area contributed by atoms with Crippen molar-refractivity contribution in [3.05, 3.63) is 0 Å². The first kappa shape index (κ1) is 15.3. The van der Waals surface area contributed by atoms with E-state index >= 15 is 0 Å². The van der Waals surface area contributed by atoms with Gasteiger partial charge in [0.05, 0.1) is 5.60 Å². The average Bonchev–Trinajstić information content (AvgIpc) is 2.84. The van der Waals surface area contributed by atoms with Gasteiger partial charge in [-0.25, -0.2) is 0 Å². The minimum atomic E-state index is 0.00801. The van der Waals surface area contributed by atoms with E-state index in [1.807, 2.05) is 0 Å². The molecule has 0 bridgehead atoms. The van der Waals surface area contributed by atoms with Gasteiger partial charge < -0.3 is 10.1 Å². The van der Waals surface area contributed by atoms with Crippen molar-refractivity contribution >= 4 is 0 Å². The smallest absolute Gasteiger partial charge is 0.0598 e. The summed E-state index contributed by atoms with van der Waals surface area (Å²) in [4.78, 5) is 0. The van der Waals surface area contributed by atoms with Gasteiger partial charge >= 0.3 is 0 Å². The van der Waals surface area contributed by atoms with Gasteiger partial charge in [-0.05, 0) is 76.2 Å². The van der Waals surface area contributed by atoms with Crippen molar-refractivity contribution in [1.82, 2.24) is 5.32 Å². The molecule has 2 aliphatic carbocycles. The van der Waals surface area contributed by atoms with Crippen molar-refractivity contribution in [2.24, 2.45) is 23.2 Å². The third-order valence-corrected chi connectivity index (χ3v) is 4.68. The maximum Gasteiger partial charge on any atom is 0.0598 e. The third kappa shape index (κ3) is 4.75. The van der Waals surface area contributed by atoms with Gasteiger partial charge in [0.15, 0.2) is 0 Å². The molecule has 112 valence electrons. The lowest BCUT2D eigenvalue weighted by atomic mass is 9.79. The summed E-state index contributed by atoms with van der Waals surface area (Å²) in [6.45, 7) is 14.3. The van der Waals surface area contributed by atoms with Gasteiger partial charge in [-0.1, -0.05) is 13.8 Å². The van der Waals surface area contributed by atoms with E-state index in [1.54, 1.807) is 0 Å². The van der Waals surface area contributed by atoms with Crippen molar-refractivity contribution in [1.29, 1.82) is 0 Å². The zero-order valence-corrected chi connectivity index (χ0v) is 13.6. The molecule has 0 amide bonds. The standard InChI is InChI=1S/C17H33NO/c1-13(2)11-18-12-17(6-7-19-16(3,4)5)9-14-8-15(14)10-17/h13-15,18H,6-12H2,1-5H3. The Kier molecular flexibility index (Phi) is 4.62. The molecule has 0 aromatic carbocycles. The summed E-state index contributed by atoms with van der Waals surface area (Å²) in [5.41, 5.74) is 0.543. The number of ether oxygens (including phenoxy) is 1. The van der Waals surface area contributed by atoms with E-state index < -0.39 is 0 Å². The van der Waals surface area contributed by atoms with Crippen LogP contribution in [0.25, 0.3) is 0 Å². The van der Waals surface area contributed by atoms with Gasteiger partial charge in [0.25, 0.3) is 0 Å². The summed E-state index contributed by atoms with van der Waals surface area (Å²) in [6.07, 6.45) is 5.63. The number of rotatable bonds is 7. The van der Waals surface area contributed by atoms with Crippen molar-refractivity contribution in [2.45, 2.75) is 65.9 Å². The molecule has 2 aliphatic rings. The minimum Gasteiger partial charge on any atom is -0.376 e. The highest BCUT2D eigenvalue weighted by Gasteiger charge is 2.53. The molecule has 0 aromatic rings. The van der Waals surface area contributed by atoms with E-state index in [2.05, 4.69) is 39.9 Å². The molecular formula is C17H33NO. The second kappa shape index (κ2) is 5.73. The van der Waals surface area contributed by atoms with Crippen LogP contribution in [0.3, 0.4) is 0 Å². The Morgan fingerprint density at radius 3 is 2.37 bits per heavy atom. The summed E-state index contributed by atoms with van der Waals surface area (Å²) < 4.78 is 5.97. The van der Waals surface area contributed by atoms with Crippen LogP contribution in [0.15, 0.2) is 0 Å². The van der Waals surface area contributed by atoms with Crippen LogP contribution in [0.4, 0.5) is 0 Å². The fraction of sp³-hybridized carbons (Fsp3) is 1.00. The van der Waals surface area contributed by atoms with E-state index in [0.717, 1.165) is 30.9 Å². The van der Waals surface area contributed by atoms with Crippen LogP contribution in [0.5, 0.6) is 0 Å². The van der Waals surface area contributed by atoms with Gasteiger partial charge in [0.1, 0.15) is 0 Å². The summed E-state index contributed by atoms with van der Waals surface area (Å²) >= 11 is 0. The molecule has 2 rings (SSSR count). The minimum absolute atomic E-state index is 0.00801. The highest BCUT2D eigenvalue weighted by atomic mass is 16.5. The lowest BCUT2D eigenvalue weighted by Crippen LogP contribution is -2.36. The molecule has 2 nitrogen and oxygen atoms in total. The predicted molar refractivity (Wildman–Crippen MR) is 81.3 cm³/mol. The van der Waals surface area contributed by atoms with Crippen molar-refractivity contribution < 1.29 is 4.74 Å². The molecule has 0 spiro atoms. The highest BCUT2D eigenvalue weighted by molar-refractivity contribution is 5.04. The molecule has 2 heteroatoms. The molecule has 2 unspecified atom stereocenters. The van der Waals surface area contributed by atoms with Crippen LogP contribution in [-0.4, -0.2) is 25.3 Å². The van der Waals surface area contributed by atoms with Crippen LogP contribution >= 0.6 is 0 Å². The van der Waals surface area contributed by atoms with E-state index in [-0.39, 0.29) is 5.60 Å². The zero-order chi connectivity index (χ0) is 14.1. The maximum absolute atomic E-state index is 5.97. The Hall–Kier alpha value is -0.0800. The second-order valence-corrected chi connectivity index (χ2v) is 8.40. The van der Waals surface area contributed by atoms with Gasteiger partial charge in [-0.15, -0.1) is 0 Å². The molecule has 0 saturated heterocycles. The van der Waals surface area contributed by atoms with E-state index in [1.165, 1.54) is 32.2 Å². The Morgan fingerprint density at radius 2 is 1.84 bits per heavy atom. The van der Waals surface area contributed by atoms with Crippen LogP contribution in [0.1, 0.15) is 60.3 Å². The highest BCUT2D eigenvalue weighted by Crippen LogP contribution is 2.60. The lowest BCUT2D eigenvalue weighted by Gasteiger charge is -2.33. The molecule has 0 aromatic heterocycles. The molecule has 1 N–H and O–H groups in total. The first-order valence-corrected chi connectivity index (χ1v) is 8.14. The Bertz CT molecular complexity index is 282. The molecule has 2 saturated carbocycles. The molecule has 2 fully saturated rings. The maximum atomic E-state index is 5.97. The van der Waals surface area contributed by atoms with Crippen molar-refractivity contribution in [3.63, 3.8) is 0 Å². The number of hydrogen-bond donors (Lipinski definition) is 1. The number of fused-ring (bicyclic) bond motifs is 1. The van der Waals surface area contributed by atoms with Gasteiger partial charge in [0.2, 0.25) is 0 Å². The summed E-state index contributed by atoms with van der Waals surface area (Å²) in [6, 6.07) is 0. The number of hydrogen-bond acceptors (Lipinski definition) is 2. The van der Waals surface area contributed by atoms with Crippen LogP contribution in [-0.2, 0) is 4.74 Å². The van der Waals surface area contributed by atoms with E-state index in [0.29, 0.717) is 5.41 Å². The zero-order valence-electron chi connectivity index (χ0n) is 13.6. The van der Waals surface area contributed by atoms with Gasteiger partial charge in [0, 0.05) is 13.2 Å². The third-order valence-electron chi connectivity index (χ3n) is 4.68. The monoisotopic (exact) mass is 267 g/mol. The summed E-state index contributed by atoms with van der Waals surface area (Å²) in [7, 11) is 0. The molecule has 2 atom stereocenters. The van der Waals surface area contributed by atoms with Crippen LogP contribution in [0.2, 0.25) is 0 Å². The topological polar surface area (TPSA) is 21.3 Å². The van der Waals surface area contributed by atoms with E-state index in [4.69, 9.17) is 4.74 Å². The van der Waals surface area contributed by atoms with Crippen molar-refractivity contribution in [2.75, 3.05) is 19.7 Å². The Morgan fingerprint density at radius 1 is 1.21 bits per heavy atom. The molecule has 0 aliphatic heterocycles. The Balaban J connectivity index is 1.78. The molecule has 19 heavy (non-hydrogen) atoms. The first-order valence-electron chi connectivity index (χ1n) is 8.14. The fourth-order valence-corrected chi connectivity index (χ4v) is 3.64. The second-order valence-electron chi connectivity index (χ2n) is 8.40. The first-order chi connectivity index (χ1) is 8.80. The van der Waals surface area contributed by atoms with Crippen LogP contribution in [0, 0.1) is 23.2 Å². The lowest BCUT2D eigenvalue weighted by molar-refractivity contribution is -0.0197.